The standard InChI is InChI=1S/C74H54/c1-71(2)59-18-11-9-14-45(59)47-26-22-41(34-62(47)71)39-20-24-43-50-28-29-52-56-36-65-58(38-64(56)73(5,6)61-31-30-51(54(43)32-39)69(50)70(52)61)68-53-17-13-16-49-55-33-40(21-25-44(55)57(67(49)53)37-66(68)74(65,7)8)42-23-27-48-46-15-10-12-19-60(46)72(3,4)63(48)35-42/h9-38H,1-8H3. The van der Waals surface area contributed by atoms with Gasteiger partial charge in [0.05, 0.1) is 0 Å². The summed E-state index contributed by atoms with van der Waals surface area (Å²) in [6, 6.07) is 71.4. The lowest BCUT2D eigenvalue weighted by molar-refractivity contribution is 0.639. The third-order valence-corrected chi connectivity index (χ3v) is 19.8. The molecular formula is C74H54. The van der Waals surface area contributed by atoms with Gasteiger partial charge in [-0.15, -0.1) is 0 Å². The Morgan fingerprint density at radius 1 is 0.203 bits per heavy atom. The van der Waals surface area contributed by atoms with Crippen molar-refractivity contribution in [2.45, 2.75) is 77.0 Å². The van der Waals surface area contributed by atoms with Gasteiger partial charge in [0.2, 0.25) is 0 Å². The van der Waals surface area contributed by atoms with E-state index in [-0.39, 0.29) is 21.7 Å². The molecule has 0 radical (unpaired) electrons. The average Bonchev–Trinajstić information content (AvgIpc) is 4.18. The van der Waals surface area contributed by atoms with Gasteiger partial charge in [0, 0.05) is 21.7 Å². The lowest BCUT2D eigenvalue weighted by Crippen LogP contribution is -2.24. The SMILES string of the molecule is CC1(C)c2ccccc2-c2ccc(-c3ccc4c(c3)-c3cccc5c6c(cc-4c35)C(C)(C)c3cc4c(cc3-6)C(C)(C)c3ccc5c6c(ccc-4c36)-c3ccc(-c4ccc6c(c4)C(C)(C)c4ccccc4-6)cc3-5)cc21. The molecule has 11 aromatic rings. The summed E-state index contributed by atoms with van der Waals surface area (Å²) in [7, 11) is 0. The van der Waals surface area contributed by atoms with Crippen molar-refractivity contribution in [3.8, 4) is 111 Å². The molecule has 17 rings (SSSR count). The molecule has 11 aromatic carbocycles. The summed E-state index contributed by atoms with van der Waals surface area (Å²) in [5.41, 5.74) is 37.9. The quantitative estimate of drug-likeness (QED) is 0.162. The van der Waals surface area contributed by atoms with Crippen LogP contribution in [-0.4, -0.2) is 0 Å². The Bertz CT molecular complexity index is 4520. The van der Waals surface area contributed by atoms with Gasteiger partial charge in [-0.3, -0.25) is 0 Å². The summed E-state index contributed by atoms with van der Waals surface area (Å²) < 4.78 is 0. The minimum absolute atomic E-state index is 0.0369. The predicted molar refractivity (Wildman–Crippen MR) is 311 cm³/mol. The monoisotopic (exact) mass is 942 g/mol. The molecule has 0 fully saturated rings. The van der Waals surface area contributed by atoms with E-state index in [1.165, 1.54) is 177 Å². The largest absolute Gasteiger partial charge is 0.0619 e. The molecule has 0 unspecified atom stereocenters. The number of hydrogen-bond acceptors (Lipinski definition) is 0. The molecule has 0 heterocycles. The molecule has 0 heteroatoms. The van der Waals surface area contributed by atoms with Gasteiger partial charge in [-0.1, -0.05) is 195 Å². The maximum absolute atomic E-state index is 2.62. The molecular weight excluding hydrogens is 889 g/mol. The van der Waals surface area contributed by atoms with E-state index in [2.05, 4.69) is 237 Å². The molecule has 0 aromatic heterocycles. The number of benzene rings is 11. The second kappa shape index (κ2) is 13.2. The van der Waals surface area contributed by atoms with Crippen molar-refractivity contribution in [1.29, 1.82) is 0 Å². The van der Waals surface area contributed by atoms with Crippen molar-refractivity contribution >= 4 is 21.5 Å². The molecule has 0 saturated carbocycles. The van der Waals surface area contributed by atoms with Crippen molar-refractivity contribution in [3.63, 3.8) is 0 Å². The molecule has 350 valence electrons. The normalized spacial score (nSPS) is 16.5. The minimum atomic E-state index is -0.215. The van der Waals surface area contributed by atoms with Gasteiger partial charge in [0.15, 0.2) is 0 Å². The molecule has 74 heavy (non-hydrogen) atoms. The molecule has 0 saturated heterocycles. The zero-order chi connectivity index (χ0) is 49.7. The Balaban J connectivity index is 0.779. The van der Waals surface area contributed by atoms with Crippen molar-refractivity contribution in [1.82, 2.24) is 0 Å². The van der Waals surface area contributed by atoms with Crippen LogP contribution in [0, 0.1) is 0 Å². The summed E-state index contributed by atoms with van der Waals surface area (Å²) in [5, 5.41) is 5.61. The third kappa shape index (κ3) is 4.79. The maximum Gasteiger partial charge on any atom is 0.0159 e. The Labute approximate surface area is 434 Å². The topological polar surface area (TPSA) is 0 Å². The van der Waals surface area contributed by atoms with Crippen LogP contribution >= 0.6 is 0 Å². The average molecular weight is 943 g/mol. The van der Waals surface area contributed by atoms with Crippen LogP contribution in [0.3, 0.4) is 0 Å². The number of fused-ring (bicyclic) bond motifs is 18. The highest BCUT2D eigenvalue weighted by Crippen LogP contribution is 2.62. The fraction of sp³-hybridized carbons (Fsp3) is 0.162. The van der Waals surface area contributed by atoms with E-state index >= 15 is 0 Å². The Morgan fingerprint density at radius 3 is 1.22 bits per heavy atom. The van der Waals surface area contributed by atoms with E-state index in [0.717, 1.165) is 0 Å². The minimum Gasteiger partial charge on any atom is -0.0619 e. The van der Waals surface area contributed by atoms with Crippen molar-refractivity contribution in [2.24, 2.45) is 0 Å². The van der Waals surface area contributed by atoms with Gasteiger partial charge in [-0.05, 0) is 220 Å². The predicted octanol–water partition coefficient (Wildman–Crippen LogP) is 19.8. The second-order valence-electron chi connectivity index (χ2n) is 24.7. The first-order valence-corrected chi connectivity index (χ1v) is 26.9. The second-order valence-corrected chi connectivity index (χ2v) is 24.7. The first-order valence-electron chi connectivity index (χ1n) is 26.9. The van der Waals surface area contributed by atoms with Crippen LogP contribution in [0.4, 0.5) is 0 Å². The summed E-state index contributed by atoms with van der Waals surface area (Å²) in [4.78, 5) is 0. The summed E-state index contributed by atoms with van der Waals surface area (Å²) in [6.45, 7) is 19.4. The van der Waals surface area contributed by atoms with E-state index in [1.54, 1.807) is 0 Å². The molecule has 0 aliphatic heterocycles. The van der Waals surface area contributed by atoms with Crippen molar-refractivity contribution < 1.29 is 0 Å². The lowest BCUT2D eigenvalue weighted by Gasteiger charge is -2.36. The van der Waals surface area contributed by atoms with Gasteiger partial charge in [0.25, 0.3) is 0 Å². The third-order valence-electron chi connectivity index (χ3n) is 19.8. The smallest absolute Gasteiger partial charge is 0.0159 e. The fourth-order valence-electron chi connectivity index (χ4n) is 15.9. The Hall–Kier alpha value is -8.06. The zero-order valence-corrected chi connectivity index (χ0v) is 43.3. The highest BCUT2D eigenvalue weighted by molar-refractivity contribution is 6.23. The van der Waals surface area contributed by atoms with Crippen LogP contribution in [0.5, 0.6) is 0 Å². The van der Waals surface area contributed by atoms with Crippen LogP contribution < -0.4 is 0 Å². The van der Waals surface area contributed by atoms with E-state index in [4.69, 9.17) is 0 Å². The van der Waals surface area contributed by atoms with Crippen LogP contribution in [0.1, 0.15) is 99.9 Å². The highest BCUT2D eigenvalue weighted by atomic mass is 14.5. The van der Waals surface area contributed by atoms with Crippen LogP contribution in [0.15, 0.2) is 182 Å². The van der Waals surface area contributed by atoms with Gasteiger partial charge in [0.1, 0.15) is 0 Å². The highest BCUT2D eigenvalue weighted by Gasteiger charge is 2.44. The summed E-state index contributed by atoms with van der Waals surface area (Å²) in [5.74, 6) is 0. The molecule has 0 atom stereocenters. The molecule has 6 aliphatic carbocycles. The molecule has 0 bridgehead atoms. The van der Waals surface area contributed by atoms with Gasteiger partial charge < -0.3 is 0 Å². The summed E-state index contributed by atoms with van der Waals surface area (Å²) >= 11 is 0. The van der Waals surface area contributed by atoms with E-state index < -0.39 is 0 Å². The molecule has 6 aliphatic rings. The maximum atomic E-state index is 2.62. The van der Waals surface area contributed by atoms with Gasteiger partial charge >= 0.3 is 0 Å². The van der Waals surface area contributed by atoms with E-state index in [0.29, 0.717) is 0 Å². The van der Waals surface area contributed by atoms with Crippen LogP contribution in [0.2, 0.25) is 0 Å². The number of rotatable bonds is 2. The first kappa shape index (κ1) is 41.4. The first-order chi connectivity index (χ1) is 35.7. The lowest BCUT2D eigenvalue weighted by atomic mass is 9.66. The molecule has 0 N–H and O–H groups in total. The van der Waals surface area contributed by atoms with Crippen molar-refractivity contribution in [2.75, 3.05) is 0 Å². The van der Waals surface area contributed by atoms with Crippen LogP contribution in [-0.2, 0) is 21.7 Å². The molecule has 0 amide bonds. The van der Waals surface area contributed by atoms with Crippen molar-refractivity contribution in [3.05, 3.63) is 226 Å². The Kier molecular flexibility index (Phi) is 7.38. The summed E-state index contributed by atoms with van der Waals surface area (Å²) in [6.07, 6.45) is 0. The van der Waals surface area contributed by atoms with Gasteiger partial charge in [-0.25, -0.2) is 0 Å². The van der Waals surface area contributed by atoms with Gasteiger partial charge in [-0.2, -0.15) is 0 Å². The van der Waals surface area contributed by atoms with E-state index in [1.807, 2.05) is 0 Å². The molecule has 0 spiro atoms. The Morgan fingerprint density at radius 2 is 0.595 bits per heavy atom. The zero-order valence-electron chi connectivity index (χ0n) is 43.3. The fourth-order valence-corrected chi connectivity index (χ4v) is 15.9. The molecule has 0 nitrogen and oxygen atoms in total. The van der Waals surface area contributed by atoms with Crippen LogP contribution in [0.25, 0.3) is 133 Å². The van der Waals surface area contributed by atoms with E-state index in [9.17, 15) is 0 Å². The number of hydrogen-bond donors (Lipinski definition) is 0.